The van der Waals surface area contributed by atoms with Crippen LogP contribution in [-0.4, -0.2) is 73.1 Å². The number of fused-ring (bicyclic) bond motifs is 1. The first-order valence-electron chi connectivity index (χ1n) is 12.3. The number of pyridine rings is 1. The summed E-state index contributed by atoms with van der Waals surface area (Å²) >= 11 is 0. The van der Waals surface area contributed by atoms with Crippen LogP contribution in [0.5, 0.6) is 0 Å². The highest BCUT2D eigenvalue weighted by Crippen LogP contribution is 2.30. The second-order valence-corrected chi connectivity index (χ2v) is 9.49. The fourth-order valence-corrected chi connectivity index (χ4v) is 4.43. The third-order valence-corrected chi connectivity index (χ3v) is 6.59. The molecule has 192 valence electrons. The molecule has 1 atom stereocenters. The van der Waals surface area contributed by atoms with Crippen LogP contribution < -0.4 is 21.3 Å². The maximum absolute atomic E-state index is 14.0. The van der Waals surface area contributed by atoms with Crippen molar-refractivity contribution >= 4 is 28.7 Å². The van der Waals surface area contributed by atoms with Crippen molar-refractivity contribution in [3.63, 3.8) is 0 Å². The molecule has 0 saturated heterocycles. The molecule has 0 radical (unpaired) electrons. The molecule has 2 fully saturated rings. The zero-order valence-corrected chi connectivity index (χ0v) is 19.8. The van der Waals surface area contributed by atoms with Gasteiger partial charge in [0.1, 0.15) is 5.82 Å². The van der Waals surface area contributed by atoms with Gasteiger partial charge in [0.25, 0.3) is 5.91 Å². The van der Waals surface area contributed by atoms with E-state index in [0.29, 0.717) is 30.1 Å². The van der Waals surface area contributed by atoms with E-state index in [4.69, 9.17) is 5.11 Å². The quantitative estimate of drug-likeness (QED) is 0.246. The highest BCUT2D eigenvalue weighted by molar-refractivity contribution is 6.03. The third kappa shape index (κ3) is 5.72. The van der Waals surface area contributed by atoms with Crippen LogP contribution in [0.15, 0.2) is 30.7 Å². The van der Waals surface area contributed by atoms with E-state index >= 15 is 0 Å². The Morgan fingerprint density at radius 2 is 1.81 bits per heavy atom. The Bertz CT molecular complexity index is 1210. The first kappa shape index (κ1) is 24.3. The molecule has 0 bridgehead atoms. The smallest absolute Gasteiger partial charge is 0.276 e. The zero-order valence-electron chi connectivity index (χ0n) is 19.8. The van der Waals surface area contributed by atoms with Crippen LogP contribution in [0.1, 0.15) is 49.0 Å². The van der Waals surface area contributed by atoms with E-state index in [1.54, 1.807) is 0 Å². The Morgan fingerprint density at radius 3 is 2.53 bits per heavy atom. The number of hydrogen-bond donors (Lipinski definition) is 6. The van der Waals surface area contributed by atoms with Gasteiger partial charge in [-0.2, -0.15) is 0 Å². The molecular weight excluding hydrogens is 467 g/mol. The largest absolute Gasteiger partial charge is 0.394 e. The van der Waals surface area contributed by atoms with E-state index in [2.05, 4.69) is 36.3 Å². The van der Waals surface area contributed by atoms with Gasteiger partial charge in [0, 0.05) is 36.9 Å². The number of aliphatic hydroxyl groups excluding tert-OH is 2. The summed E-state index contributed by atoms with van der Waals surface area (Å²) in [6.45, 7) is 0.129. The van der Waals surface area contributed by atoms with Gasteiger partial charge >= 0.3 is 0 Å². The number of aromatic nitrogens is 4. The molecular formula is C24H31FN8O3. The predicted molar refractivity (Wildman–Crippen MR) is 133 cm³/mol. The summed E-state index contributed by atoms with van der Waals surface area (Å²) < 4.78 is 15.5. The Kier molecular flexibility index (Phi) is 7.25. The van der Waals surface area contributed by atoms with Gasteiger partial charge in [0.15, 0.2) is 17.2 Å². The van der Waals surface area contributed by atoms with E-state index in [1.165, 1.54) is 23.0 Å². The van der Waals surface area contributed by atoms with Crippen LogP contribution in [0.4, 0.5) is 21.6 Å². The average molecular weight is 499 g/mol. The number of carbonyl (C=O) groups excluding carboxylic acids is 1. The lowest BCUT2D eigenvalue weighted by Crippen LogP contribution is -2.41. The number of amides is 1. The summed E-state index contributed by atoms with van der Waals surface area (Å²) in [6, 6.07) is 4.19. The monoisotopic (exact) mass is 498 g/mol. The standard InChI is InChI=1S/C24H31FN8O3/c25-18-11-26-8-7-19(18)31-24(36)21-12-28-23-20(29-15-5-6-15)9-22(32-33(21)23)30-16-3-1-14(2-4-16)27-10-17(35)13-34/h7-9,11-12,14-17,27,29,34-35H,1-6,10,13H2,(H,30,32)(H,26,31,36)/t14-,16-,17?. The molecule has 11 nitrogen and oxygen atoms in total. The minimum absolute atomic E-state index is 0.0347. The molecule has 0 spiro atoms. The topological polar surface area (TPSA) is 149 Å². The minimum atomic E-state index is -0.745. The Hall–Kier alpha value is -3.35. The van der Waals surface area contributed by atoms with Gasteiger partial charge in [-0.3, -0.25) is 9.78 Å². The number of aliphatic hydroxyl groups is 2. The van der Waals surface area contributed by atoms with Gasteiger partial charge in [-0.25, -0.2) is 13.9 Å². The van der Waals surface area contributed by atoms with Gasteiger partial charge in [-0.1, -0.05) is 0 Å². The number of nitrogens with one attached hydrogen (secondary N) is 4. The third-order valence-electron chi connectivity index (χ3n) is 6.59. The van der Waals surface area contributed by atoms with E-state index in [-0.39, 0.29) is 24.0 Å². The van der Waals surface area contributed by atoms with Gasteiger partial charge in [-0.05, 0) is 44.6 Å². The van der Waals surface area contributed by atoms with Crippen molar-refractivity contribution in [2.24, 2.45) is 0 Å². The van der Waals surface area contributed by atoms with E-state index < -0.39 is 17.8 Å². The summed E-state index contributed by atoms with van der Waals surface area (Å²) in [7, 11) is 0. The second-order valence-electron chi connectivity index (χ2n) is 9.49. The molecule has 2 aliphatic rings. The van der Waals surface area contributed by atoms with Crippen LogP contribution in [0.3, 0.4) is 0 Å². The van der Waals surface area contributed by atoms with Crippen LogP contribution in [0.25, 0.3) is 5.65 Å². The van der Waals surface area contributed by atoms with Crippen molar-refractivity contribution in [2.75, 3.05) is 29.1 Å². The first-order valence-corrected chi connectivity index (χ1v) is 12.3. The number of halogens is 1. The van der Waals surface area contributed by atoms with Crippen molar-refractivity contribution in [2.45, 2.75) is 62.8 Å². The molecule has 36 heavy (non-hydrogen) atoms. The molecule has 3 aromatic heterocycles. The molecule has 1 amide bonds. The van der Waals surface area contributed by atoms with Crippen LogP contribution in [0, 0.1) is 5.82 Å². The molecule has 1 unspecified atom stereocenters. The van der Waals surface area contributed by atoms with E-state index in [1.807, 2.05) is 6.07 Å². The van der Waals surface area contributed by atoms with Gasteiger partial charge in [0.2, 0.25) is 0 Å². The minimum Gasteiger partial charge on any atom is -0.394 e. The summed E-state index contributed by atoms with van der Waals surface area (Å²) in [6.07, 6.45) is 8.99. The summed E-state index contributed by atoms with van der Waals surface area (Å²) in [5, 5.41) is 36.0. The second kappa shape index (κ2) is 10.7. The van der Waals surface area contributed by atoms with E-state index in [9.17, 15) is 14.3 Å². The number of anilines is 3. The highest BCUT2D eigenvalue weighted by Gasteiger charge is 2.26. The van der Waals surface area contributed by atoms with Crippen LogP contribution in [-0.2, 0) is 0 Å². The van der Waals surface area contributed by atoms with Crippen molar-refractivity contribution in [3.8, 4) is 0 Å². The van der Waals surface area contributed by atoms with Gasteiger partial charge in [0.05, 0.1) is 36.5 Å². The number of hydrogen-bond acceptors (Lipinski definition) is 9. The molecule has 0 aliphatic heterocycles. The Labute approximate surface area is 207 Å². The summed E-state index contributed by atoms with van der Waals surface area (Å²) in [4.78, 5) is 21.1. The lowest BCUT2D eigenvalue weighted by Gasteiger charge is -2.30. The summed E-state index contributed by atoms with van der Waals surface area (Å²) in [5.41, 5.74) is 1.55. The fraction of sp³-hybridized carbons (Fsp3) is 0.500. The van der Waals surface area contributed by atoms with Crippen molar-refractivity contribution in [1.82, 2.24) is 24.9 Å². The molecule has 5 rings (SSSR count). The average Bonchev–Trinajstić information content (AvgIpc) is 3.59. The fourth-order valence-electron chi connectivity index (χ4n) is 4.43. The van der Waals surface area contributed by atoms with Crippen LogP contribution in [0.2, 0.25) is 0 Å². The molecule has 3 heterocycles. The van der Waals surface area contributed by atoms with E-state index in [0.717, 1.165) is 50.4 Å². The molecule has 12 heteroatoms. The lowest BCUT2D eigenvalue weighted by atomic mass is 9.91. The zero-order chi connectivity index (χ0) is 25.1. The van der Waals surface area contributed by atoms with Crippen molar-refractivity contribution in [1.29, 1.82) is 0 Å². The maximum Gasteiger partial charge on any atom is 0.276 e. The lowest BCUT2D eigenvalue weighted by molar-refractivity contribution is 0.0902. The maximum atomic E-state index is 14.0. The molecule has 3 aromatic rings. The SMILES string of the molecule is O=C(Nc1ccncc1F)c1cnc2c(NC3CC3)cc(N[C@H]3CC[C@H](NCC(O)CO)CC3)nn12. The summed E-state index contributed by atoms with van der Waals surface area (Å²) in [5.74, 6) is -0.520. The number of carbonyl (C=O) groups is 1. The van der Waals surface area contributed by atoms with Crippen molar-refractivity contribution in [3.05, 3.63) is 42.2 Å². The number of nitrogens with zero attached hydrogens (tertiary/aromatic N) is 4. The normalized spacial score (nSPS) is 20.8. The molecule has 6 N–H and O–H groups in total. The Balaban J connectivity index is 1.32. The first-order chi connectivity index (χ1) is 17.5. The van der Waals surface area contributed by atoms with Gasteiger partial charge < -0.3 is 31.5 Å². The highest BCUT2D eigenvalue weighted by atomic mass is 19.1. The number of imidazole rings is 1. The Morgan fingerprint density at radius 1 is 1.08 bits per heavy atom. The predicted octanol–water partition coefficient (Wildman–Crippen LogP) is 1.76. The molecule has 0 aromatic carbocycles. The van der Waals surface area contributed by atoms with Gasteiger partial charge in [-0.15, -0.1) is 5.10 Å². The number of rotatable bonds is 10. The molecule has 2 saturated carbocycles. The van der Waals surface area contributed by atoms with Crippen molar-refractivity contribution < 1.29 is 19.4 Å². The molecule has 2 aliphatic carbocycles. The van der Waals surface area contributed by atoms with Crippen LogP contribution >= 0.6 is 0 Å².